The highest BCUT2D eigenvalue weighted by atomic mass is 19.1. The molecule has 0 amide bonds. The van der Waals surface area contributed by atoms with Gasteiger partial charge in [0.25, 0.3) is 0 Å². The number of rotatable bonds is 5. The molecule has 0 bridgehead atoms. The third-order valence-corrected chi connectivity index (χ3v) is 4.30. The van der Waals surface area contributed by atoms with E-state index in [0.717, 1.165) is 37.2 Å². The summed E-state index contributed by atoms with van der Waals surface area (Å²) in [7, 11) is 0. The largest absolute Gasteiger partial charge is 0.375 e. The fourth-order valence-electron chi connectivity index (χ4n) is 2.90. The molecule has 1 aliphatic heterocycles. The first-order valence-corrected chi connectivity index (χ1v) is 7.97. The Balaban J connectivity index is 2.31. The molecule has 21 heavy (non-hydrogen) atoms. The first kappa shape index (κ1) is 16.2. The van der Waals surface area contributed by atoms with E-state index in [9.17, 15) is 4.39 Å². The molecule has 118 valence electrons. The standard InChI is InChI=1S/C17H27FN2O/c1-4-15(19)9-13-8-14(18)6-7-17(13)20-10-12(3)21-11-16(20)5-2/h6-8,12,15-16H,4-5,9-11,19H2,1-3H3. The van der Waals surface area contributed by atoms with Crippen LogP contribution in [0.1, 0.15) is 39.2 Å². The molecule has 1 fully saturated rings. The van der Waals surface area contributed by atoms with E-state index in [0.29, 0.717) is 12.5 Å². The number of hydrogen-bond acceptors (Lipinski definition) is 3. The van der Waals surface area contributed by atoms with Crippen molar-refractivity contribution in [3.05, 3.63) is 29.6 Å². The van der Waals surface area contributed by atoms with Gasteiger partial charge in [0.05, 0.1) is 18.8 Å². The lowest BCUT2D eigenvalue weighted by molar-refractivity contribution is 0.0299. The quantitative estimate of drug-likeness (QED) is 0.907. The summed E-state index contributed by atoms with van der Waals surface area (Å²) in [4.78, 5) is 2.37. The molecule has 3 atom stereocenters. The second kappa shape index (κ2) is 7.23. The number of nitrogens with two attached hydrogens (primary N) is 1. The molecule has 0 spiro atoms. The van der Waals surface area contributed by atoms with Gasteiger partial charge >= 0.3 is 0 Å². The van der Waals surface area contributed by atoms with Gasteiger partial charge in [0, 0.05) is 18.3 Å². The molecule has 3 nitrogen and oxygen atoms in total. The molecule has 2 rings (SSSR count). The highest BCUT2D eigenvalue weighted by Crippen LogP contribution is 2.28. The molecule has 0 aliphatic carbocycles. The van der Waals surface area contributed by atoms with Crippen molar-refractivity contribution in [1.82, 2.24) is 0 Å². The Labute approximate surface area is 127 Å². The van der Waals surface area contributed by atoms with Crippen LogP contribution in [0.3, 0.4) is 0 Å². The Hall–Kier alpha value is -1.13. The lowest BCUT2D eigenvalue weighted by atomic mass is 10.00. The van der Waals surface area contributed by atoms with Crippen LogP contribution in [0.2, 0.25) is 0 Å². The molecular weight excluding hydrogens is 267 g/mol. The van der Waals surface area contributed by atoms with Gasteiger partial charge in [-0.3, -0.25) is 0 Å². The van der Waals surface area contributed by atoms with Crippen molar-refractivity contribution in [1.29, 1.82) is 0 Å². The minimum Gasteiger partial charge on any atom is -0.375 e. The van der Waals surface area contributed by atoms with Crippen molar-refractivity contribution >= 4 is 5.69 Å². The normalized spacial score (nSPS) is 24.1. The summed E-state index contributed by atoms with van der Waals surface area (Å²) in [6, 6.07) is 5.50. The van der Waals surface area contributed by atoms with E-state index in [2.05, 4.69) is 25.7 Å². The van der Waals surface area contributed by atoms with Crippen LogP contribution in [0.5, 0.6) is 0 Å². The highest BCUT2D eigenvalue weighted by Gasteiger charge is 2.27. The van der Waals surface area contributed by atoms with E-state index in [4.69, 9.17) is 10.5 Å². The Morgan fingerprint density at radius 2 is 2.19 bits per heavy atom. The zero-order valence-electron chi connectivity index (χ0n) is 13.3. The van der Waals surface area contributed by atoms with Crippen molar-refractivity contribution in [2.45, 2.75) is 58.2 Å². The molecule has 0 aromatic heterocycles. The fourth-order valence-corrected chi connectivity index (χ4v) is 2.90. The molecule has 2 N–H and O–H groups in total. The lowest BCUT2D eigenvalue weighted by Crippen LogP contribution is -2.49. The van der Waals surface area contributed by atoms with Gasteiger partial charge in [0.2, 0.25) is 0 Å². The summed E-state index contributed by atoms with van der Waals surface area (Å²) in [5.41, 5.74) is 8.21. The van der Waals surface area contributed by atoms with Crippen LogP contribution < -0.4 is 10.6 Å². The van der Waals surface area contributed by atoms with Crippen LogP contribution in [0.4, 0.5) is 10.1 Å². The maximum atomic E-state index is 13.6. The summed E-state index contributed by atoms with van der Waals surface area (Å²) >= 11 is 0. The molecule has 1 aromatic carbocycles. The third-order valence-electron chi connectivity index (χ3n) is 4.30. The molecule has 1 saturated heterocycles. The van der Waals surface area contributed by atoms with Crippen LogP contribution >= 0.6 is 0 Å². The van der Waals surface area contributed by atoms with Crippen LogP contribution in [0, 0.1) is 5.82 Å². The summed E-state index contributed by atoms with van der Waals surface area (Å²) in [6.45, 7) is 7.89. The predicted molar refractivity (Wildman–Crippen MR) is 85.2 cm³/mol. The van der Waals surface area contributed by atoms with Crippen molar-refractivity contribution in [3.8, 4) is 0 Å². The monoisotopic (exact) mass is 294 g/mol. The highest BCUT2D eigenvalue weighted by molar-refractivity contribution is 5.55. The maximum absolute atomic E-state index is 13.6. The Morgan fingerprint density at radius 1 is 1.43 bits per heavy atom. The minimum atomic E-state index is -0.189. The summed E-state index contributed by atoms with van der Waals surface area (Å²) in [6.07, 6.45) is 2.83. The third kappa shape index (κ3) is 3.95. The summed E-state index contributed by atoms with van der Waals surface area (Å²) < 4.78 is 19.4. The van der Waals surface area contributed by atoms with Crippen molar-refractivity contribution in [2.24, 2.45) is 5.73 Å². The number of benzene rings is 1. The number of halogens is 1. The molecule has 1 aliphatic rings. The van der Waals surface area contributed by atoms with E-state index in [1.807, 2.05) is 6.07 Å². The first-order chi connectivity index (χ1) is 10.0. The van der Waals surface area contributed by atoms with E-state index >= 15 is 0 Å². The van der Waals surface area contributed by atoms with Gasteiger partial charge in [-0.1, -0.05) is 13.8 Å². The number of morpholine rings is 1. The molecule has 0 saturated carbocycles. The Morgan fingerprint density at radius 3 is 2.86 bits per heavy atom. The van der Waals surface area contributed by atoms with E-state index in [1.165, 1.54) is 0 Å². The Bertz CT molecular complexity index is 466. The summed E-state index contributed by atoms with van der Waals surface area (Å²) in [5, 5.41) is 0. The maximum Gasteiger partial charge on any atom is 0.123 e. The molecule has 3 unspecified atom stereocenters. The first-order valence-electron chi connectivity index (χ1n) is 7.97. The van der Waals surface area contributed by atoms with Crippen LogP contribution in [-0.4, -0.2) is 31.3 Å². The zero-order valence-corrected chi connectivity index (χ0v) is 13.3. The van der Waals surface area contributed by atoms with Gasteiger partial charge < -0.3 is 15.4 Å². The van der Waals surface area contributed by atoms with Crippen LogP contribution in [-0.2, 0) is 11.2 Å². The van der Waals surface area contributed by atoms with Gasteiger partial charge in [-0.15, -0.1) is 0 Å². The Kier molecular flexibility index (Phi) is 5.59. The van der Waals surface area contributed by atoms with Gasteiger partial charge in [-0.2, -0.15) is 0 Å². The predicted octanol–water partition coefficient (Wildman–Crippen LogP) is 3.11. The van der Waals surface area contributed by atoms with Gasteiger partial charge in [0.15, 0.2) is 0 Å². The van der Waals surface area contributed by atoms with Crippen LogP contribution in [0.15, 0.2) is 18.2 Å². The minimum absolute atomic E-state index is 0.0732. The van der Waals surface area contributed by atoms with Crippen molar-refractivity contribution in [2.75, 3.05) is 18.1 Å². The average molecular weight is 294 g/mol. The lowest BCUT2D eigenvalue weighted by Gasteiger charge is -2.41. The summed E-state index contributed by atoms with van der Waals surface area (Å²) in [5.74, 6) is -0.189. The van der Waals surface area contributed by atoms with Gasteiger partial charge in [0.1, 0.15) is 5.82 Å². The van der Waals surface area contributed by atoms with E-state index < -0.39 is 0 Å². The zero-order chi connectivity index (χ0) is 15.4. The SMILES string of the molecule is CCC(N)Cc1cc(F)ccc1N1CC(C)OCC1CC. The molecule has 0 radical (unpaired) electrons. The molecule has 1 heterocycles. The number of anilines is 1. The van der Waals surface area contributed by atoms with Crippen molar-refractivity contribution < 1.29 is 9.13 Å². The topological polar surface area (TPSA) is 38.5 Å². The van der Waals surface area contributed by atoms with Crippen molar-refractivity contribution in [3.63, 3.8) is 0 Å². The molecule has 4 heteroatoms. The van der Waals surface area contributed by atoms with Crippen LogP contribution in [0.25, 0.3) is 0 Å². The fraction of sp³-hybridized carbons (Fsp3) is 0.647. The number of ether oxygens (including phenoxy) is 1. The van der Waals surface area contributed by atoms with Gasteiger partial charge in [-0.25, -0.2) is 4.39 Å². The molecule has 1 aromatic rings. The van der Waals surface area contributed by atoms with E-state index in [-0.39, 0.29) is 18.0 Å². The number of nitrogens with zero attached hydrogens (tertiary/aromatic N) is 1. The van der Waals surface area contributed by atoms with E-state index in [1.54, 1.807) is 12.1 Å². The average Bonchev–Trinajstić information content (AvgIpc) is 2.47. The second-order valence-corrected chi connectivity index (χ2v) is 6.00. The van der Waals surface area contributed by atoms with Gasteiger partial charge in [-0.05, 0) is 49.9 Å². The second-order valence-electron chi connectivity index (χ2n) is 6.00. The molecular formula is C17H27FN2O. The smallest absolute Gasteiger partial charge is 0.123 e. The number of hydrogen-bond donors (Lipinski definition) is 1.